The topological polar surface area (TPSA) is 78.9 Å². The van der Waals surface area contributed by atoms with Crippen molar-refractivity contribution in [3.63, 3.8) is 0 Å². The first-order valence-electron chi connectivity index (χ1n) is 10.4. The lowest BCUT2D eigenvalue weighted by Crippen LogP contribution is -2.51. The number of carbonyl (C=O) groups is 2. The summed E-state index contributed by atoms with van der Waals surface area (Å²) >= 11 is 0. The smallest absolute Gasteiger partial charge is 0.267 e. The molecule has 2 aromatic rings. The molecule has 1 fully saturated rings. The molecule has 7 heteroatoms. The van der Waals surface area contributed by atoms with Crippen LogP contribution >= 0.6 is 0 Å². The van der Waals surface area contributed by atoms with Crippen LogP contribution in [-0.4, -0.2) is 47.0 Å². The Morgan fingerprint density at radius 1 is 1.23 bits per heavy atom. The molecule has 0 aliphatic carbocycles. The number of rotatable bonds is 5. The maximum atomic E-state index is 13.8. The van der Waals surface area contributed by atoms with E-state index in [-0.39, 0.29) is 11.6 Å². The van der Waals surface area contributed by atoms with Crippen molar-refractivity contribution in [3.05, 3.63) is 71.0 Å². The molecular formula is C24H25FN2O4. The Labute approximate surface area is 180 Å². The fraction of sp³-hybridized carbons (Fsp3) is 0.333. The van der Waals surface area contributed by atoms with E-state index in [1.807, 2.05) is 12.1 Å². The average molecular weight is 424 g/mol. The third-order valence-electron chi connectivity index (χ3n) is 6.07. The number of carbonyl (C=O) groups excluding carboxylic acids is 2. The zero-order valence-electron chi connectivity index (χ0n) is 17.1. The number of halogens is 1. The van der Waals surface area contributed by atoms with Gasteiger partial charge in [-0.2, -0.15) is 0 Å². The lowest BCUT2D eigenvalue weighted by Gasteiger charge is -2.44. The number of hydrogen-bond acceptors (Lipinski definition) is 5. The first-order chi connectivity index (χ1) is 15.0. The number of benzene rings is 2. The summed E-state index contributed by atoms with van der Waals surface area (Å²) < 4.78 is 20.1. The minimum atomic E-state index is -0.638. The van der Waals surface area contributed by atoms with Crippen LogP contribution in [0.1, 0.15) is 40.7 Å². The summed E-state index contributed by atoms with van der Waals surface area (Å²) in [7, 11) is 0. The van der Waals surface area contributed by atoms with E-state index in [0.717, 1.165) is 38.0 Å². The molecular weight excluding hydrogens is 399 g/mol. The summed E-state index contributed by atoms with van der Waals surface area (Å²) in [6.45, 7) is 2.38. The number of Topliss-reactive ketones (excluding diaryl/α,β-unsaturated/α-hetero) is 1. The molecule has 1 spiro atoms. The van der Waals surface area contributed by atoms with Crippen LogP contribution in [0, 0.1) is 5.82 Å². The van der Waals surface area contributed by atoms with Gasteiger partial charge in [0.2, 0.25) is 0 Å². The van der Waals surface area contributed by atoms with Crippen LogP contribution in [0.5, 0.6) is 5.75 Å². The second-order valence-electron chi connectivity index (χ2n) is 8.13. The largest absolute Gasteiger partial charge is 0.486 e. The van der Waals surface area contributed by atoms with E-state index in [9.17, 15) is 14.0 Å². The normalized spacial score (nSPS) is 18.1. The predicted octanol–water partition coefficient (Wildman–Crippen LogP) is 3.39. The van der Waals surface area contributed by atoms with Gasteiger partial charge in [0, 0.05) is 38.6 Å². The van der Waals surface area contributed by atoms with Crippen molar-refractivity contribution in [2.75, 3.05) is 19.6 Å². The molecule has 0 radical (unpaired) electrons. The first kappa shape index (κ1) is 21.2. The van der Waals surface area contributed by atoms with Gasteiger partial charge in [-0.05, 0) is 41.8 Å². The standard InChI is InChI=1S/C24H25FN2O4/c25-20-4-2-1-3-18(20)9-12-27-13-10-24(11-14-27)16-21(28)19-15-17(5-7-22(19)31-24)6-8-23(29)26-30/h1-8,15,30H,9-14,16H2,(H,26,29)/b8-6+. The maximum absolute atomic E-state index is 13.8. The number of ketones is 1. The van der Waals surface area contributed by atoms with Gasteiger partial charge in [-0.25, -0.2) is 9.87 Å². The Balaban J connectivity index is 1.38. The Morgan fingerprint density at radius 2 is 2.00 bits per heavy atom. The van der Waals surface area contributed by atoms with Gasteiger partial charge in [-0.15, -0.1) is 0 Å². The van der Waals surface area contributed by atoms with Gasteiger partial charge in [0.1, 0.15) is 17.2 Å². The lowest BCUT2D eigenvalue weighted by atomic mass is 9.82. The lowest BCUT2D eigenvalue weighted by molar-refractivity contribution is -0.124. The molecule has 2 aromatic carbocycles. The molecule has 0 aromatic heterocycles. The second-order valence-corrected chi connectivity index (χ2v) is 8.13. The molecule has 0 bridgehead atoms. The zero-order chi connectivity index (χ0) is 21.8. The molecule has 6 nitrogen and oxygen atoms in total. The summed E-state index contributed by atoms with van der Waals surface area (Å²) in [4.78, 5) is 26.3. The number of ether oxygens (including phenoxy) is 1. The average Bonchev–Trinajstić information content (AvgIpc) is 2.78. The number of nitrogens with one attached hydrogen (secondary N) is 1. The van der Waals surface area contributed by atoms with Gasteiger partial charge in [0.15, 0.2) is 5.78 Å². The monoisotopic (exact) mass is 424 g/mol. The number of likely N-dealkylation sites (tertiary alicyclic amines) is 1. The fourth-order valence-corrected chi connectivity index (χ4v) is 4.27. The van der Waals surface area contributed by atoms with Gasteiger partial charge < -0.3 is 9.64 Å². The van der Waals surface area contributed by atoms with Gasteiger partial charge in [0.25, 0.3) is 5.91 Å². The van der Waals surface area contributed by atoms with Crippen molar-refractivity contribution in [1.29, 1.82) is 0 Å². The van der Waals surface area contributed by atoms with Crippen molar-refractivity contribution in [3.8, 4) is 5.75 Å². The number of nitrogens with zero attached hydrogens (tertiary/aromatic N) is 1. The van der Waals surface area contributed by atoms with E-state index < -0.39 is 11.5 Å². The molecule has 0 unspecified atom stereocenters. The SMILES string of the molecule is O=C(/C=C/c1ccc2c(c1)C(=O)CC1(CCN(CCc3ccccc3F)CC1)O2)NO. The van der Waals surface area contributed by atoms with E-state index in [1.165, 1.54) is 23.7 Å². The first-order valence-corrected chi connectivity index (χ1v) is 10.4. The van der Waals surface area contributed by atoms with Gasteiger partial charge in [-0.3, -0.25) is 14.8 Å². The molecule has 1 amide bonds. The summed E-state index contributed by atoms with van der Waals surface area (Å²) in [6, 6.07) is 12.1. The van der Waals surface area contributed by atoms with E-state index in [2.05, 4.69) is 4.90 Å². The highest BCUT2D eigenvalue weighted by Crippen LogP contribution is 2.39. The van der Waals surface area contributed by atoms with Gasteiger partial charge in [-0.1, -0.05) is 24.3 Å². The molecule has 1 saturated heterocycles. The maximum Gasteiger partial charge on any atom is 0.267 e. The Morgan fingerprint density at radius 3 is 2.74 bits per heavy atom. The number of amides is 1. The highest BCUT2D eigenvalue weighted by atomic mass is 19.1. The van der Waals surface area contributed by atoms with Gasteiger partial charge in [0.05, 0.1) is 12.0 Å². The van der Waals surface area contributed by atoms with Crippen LogP contribution < -0.4 is 10.2 Å². The Kier molecular flexibility index (Phi) is 6.15. The van der Waals surface area contributed by atoms with Crippen LogP contribution in [-0.2, 0) is 11.2 Å². The van der Waals surface area contributed by atoms with E-state index in [0.29, 0.717) is 29.7 Å². The minimum absolute atomic E-state index is 0.0305. The molecule has 2 aliphatic heterocycles. The Hall–Kier alpha value is -3.03. The molecule has 2 N–H and O–H groups in total. The molecule has 0 atom stereocenters. The van der Waals surface area contributed by atoms with Crippen molar-refractivity contribution in [2.24, 2.45) is 0 Å². The van der Waals surface area contributed by atoms with Crippen LogP contribution in [0.15, 0.2) is 48.5 Å². The molecule has 4 rings (SSSR count). The summed E-state index contributed by atoms with van der Waals surface area (Å²) in [6.07, 6.45) is 5.19. The molecule has 0 saturated carbocycles. The summed E-state index contributed by atoms with van der Waals surface area (Å²) in [5.41, 5.74) is 2.95. The zero-order valence-corrected chi connectivity index (χ0v) is 17.1. The molecule has 2 heterocycles. The van der Waals surface area contributed by atoms with Crippen molar-refractivity contribution < 1.29 is 23.9 Å². The molecule has 31 heavy (non-hydrogen) atoms. The Bertz CT molecular complexity index is 1010. The van der Waals surface area contributed by atoms with Crippen molar-refractivity contribution >= 4 is 17.8 Å². The van der Waals surface area contributed by atoms with E-state index in [1.54, 1.807) is 24.3 Å². The number of hydrogen-bond donors (Lipinski definition) is 2. The molecule has 162 valence electrons. The second kappa shape index (κ2) is 8.99. The van der Waals surface area contributed by atoms with E-state index in [4.69, 9.17) is 9.94 Å². The third kappa shape index (κ3) is 4.84. The van der Waals surface area contributed by atoms with Crippen LogP contribution in [0.2, 0.25) is 0 Å². The van der Waals surface area contributed by atoms with Crippen LogP contribution in [0.25, 0.3) is 6.08 Å². The molecule has 2 aliphatic rings. The summed E-state index contributed by atoms with van der Waals surface area (Å²) in [5, 5.41) is 8.57. The van der Waals surface area contributed by atoms with Crippen molar-refractivity contribution in [1.82, 2.24) is 10.4 Å². The third-order valence-corrected chi connectivity index (χ3v) is 6.07. The predicted molar refractivity (Wildman–Crippen MR) is 113 cm³/mol. The highest BCUT2D eigenvalue weighted by molar-refractivity contribution is 6.01. The highest BCUT2D eigenvalue weighted by Gasteiger charge is 2.42. The fourth-order valence-electron chi connectivity index (χ4n) is 4.27. The number of piperidine rings is 1. The number of hydroxylamine groups is 1. The quantitative estimate of drug-likeness (QED) is 0.437. The minimum Gasteiger partial charge on any atom is -0.486 e. The van der Waals surface area contributed by atoms with E-state index >= 15 is 0 Å². The van der Waals surface area contributed by atoms with Gasteiger partial charge >= 0.3 is 0 Å². The van der Waals surface area contributed by atoms with Crippen LogP contribution in [0.4, 0.5) is 4.39 Å². The van der Waals surface area contributed by atoms with Crippen molar-refractivity contribution in [2.45, 2.75) is 31.3 Å². The summed E-state index contributed by atoms with van der Waals surface area (Å²) in [5.74, 6) is -0.205. The van der Waals surface area contributed by atoms with Crippen LogP contribution in [0.3, 0.4) is 0 Å². The number of fused-ring (bicyclic) bond motifs is 1.